The van der Waals surface area contributed by atoms with E-state index in [0.717, 1.165) is 10.8 Å². The number of allylic oxidation sites excluding steroid dienone is 2. The van der Waals surface area contributed by atoms with Crippen molar-refractivity contribution in [3.05, 3.63) is 44.2 Å². The topological polar surface area (TPSA) is 78.7 Å². The maximum atomic E-state index is 12.8. The smallest absolute Gasteiger partial charge is 0.292 e. The number of rotatable bonds is 1. The molecule has 1 aliphatic rings. The molecule has 2 rings (SSSR count). The van der Waals surface area contributed by atoms with Gasteiger partial charge in [-0.25, -0.2) is 4.79 Å². The molecule has 1 heterocycles. The predicted octanol–water partition coefficient (Wildman–Crippen LogP) is 1.87. The average molecular weight is 299 g/mol. The van der Waals surface area contributed by atoms with E-state index >= 15 is 0 Å². The van der Waals surface area contributed by atoms with Crippen LogP contribution < -0.4 is 11.2 Å². The Labute approximate surface area is 117 Å². The minimum Gasteiger partial charge on any atom is -0.292 e. The highest BCUT2D eigenvalue weighted by Crippen LogP contribution is 2.40. The molecule has 0 saturated carbocycles. The van der Waals surface area contributed by atoms with Crippen LogP contribution in [0.25, 0.3) is 0 Å². The predicted molar refractivity (Wildman–Crippen MR) is 67.6 cm³/mol. The summed E-state index contributed by atoms with van der Waals surface area (Å²) in [6, 6.07) is 0.795. The van der Waals surface area contributed by atoms with Gasteiger partial charge in [0.15, 0.2) is 0 Å². The number of nitrogens with zero attached hydrogens (tertiary/aromatic N) is 2. The molecule has 0 saturated heterocycles. The molecule has 1 aromatic heterocycles. The molecule has 0 fully saturated rings. The third-order valence-electron chi connectivity index (χ3n) is 3.64. The zero-order valence-corrected chi connectivity index (χ0v) is 11.1. The normalized spacial score (nSPS) is 22.5. The number of aromatic nitrogens is 2. The van der Waals surface area contributed by atoms with Gasteiger partial charge in [0, 0.05) is 6.20 Å². The van der Waals surface area contributed by atoms with Crippen LogP contribution in [-0.2, 0) is 0 Å². The highest BCUT2D eigenvalue weighted by molar-refractivity contribution is 5.23. The molecule has 5 nitrogen and oxygen atoms in total. The average Bonchev–Trinajstić information content (AvgIpc) is 2.39. The summed E-state index contributed by atoms with van der Waals surface area (Å²) in [5.41, 5.74) is -1.37. The van der Waals surface area contributed by atoms with Crippen LogP contribution >= 0.6 is 0 Å². The third-order valence-corrected chi connectivity index (χ3v) is 3.64. The van der Waals surface area contributed by atoms with Gasteiger partial charge in [0.1, 0.15) is 11.6 Å². The van der Waals surface area contributed by atoms with Crippen LogP contribution in [0.2, 0.25) is 0 Å². The van der Waals surface area contributed by atoms with E-state index in [1.807, 2.05) is 4.98 Å². The summed E-state index contributed by atoms with van der Waals surface area (Å²) in [5.74, 6) is -1.55. The van der Waals surface area contributed by atoms with Crippen molar-refractivity contribution in [3.8, 4) is 6.07 Å². The molecule has 1 aromatic rings. The summed E-state index contributed by atoms with van der Waals surface area (Å²) in [6.45, 7) is 1.63. The van der Waals surface area contributed by atoms with Gasteiger partial charge in [-0.1, -0.05) is 11.6 Å². The Bertz CT molecular complexity index is 737. The monoisotopic (exact) mass is 299 g/mol. The maximum absolute atomic E-state index is 12.8. The first-order valence-corrected chi connectivity index (χ1v) is 6.23. The summed E-state index contributed by atoms with van der Waals surface area (Å²) in [5, 5.41) is 8.80. The van der Waals surface area contributed by atoms with E-state index < -0.39 is 29.4 Å². The molecule has 1 aliphatic carbocycles. The van der Waals surface area contributed by atoms with Crippen LogP contribution in [0.1, 0.15) is 31.4 Å². The molecule has 21 heavy (non-hydrogen) atoms. The fraction of sp³-hybridized carbons (Fsp3) is 0.462. The zero-order valence-electron chi connectivity index (χ0n) is 11.1. The second kappa shape index (κ2) is 5.24. The molecule has 2 unspecified atom stereocenters. The summed E-state index contributed by atoms with van der Waals surface area (Å²) >= 11 is 0. The maximum Gasteiger partial charge on any atom is 0.392 e. The molecule has 0 radical (unpaired) electrons. The van der Waals surface area contributed by atoms with Crippen LogP contribution in [0, 0.1) is 17.2 Å². The summed E-state index contributed by atoms with van der Waals surface area (Å²) in [6.07, 6.45) is -2.31. The number of H-pyrrole nitrogens is 1. The van der Waals surface area contributed by atoms with Crippen LogP contribution in [0.15, 0.2) is 27.4 Å². The van der Waals surface area contributed by atoms with Crippen molar-refractivity contribution in [2.24, 2.45) is 5.92 Å². The number of hydrogen-bond donors (Lipinski definition) is 1. The van der Waals surface area contributed by atoms with Crippen molar-refractivity contribution in [3.63, 3.8) is 0 Å². The Hall–Kier alpha value is -2.30. The first kappa shape index (κ1) is 15.1. The lowest BCUT2D eigenvalue weighted by molar-refractivity contribution is -0.178. The third kappa shape index (κ3) is 2.91. The van der Waals surface area contributed by atoms with E-state index in [1.54, 1.807) is 13.0 Å². The molecule has 2 atom stereocenters. The molecule has 8 heteroatoms. The largest absolute Gasteiger partial charge is 0.392 e. The van der Waals surface area contributed by atoms with E-state index in [9.17, 15) is 22.8 Å². The van der Waals surface area contributed by atoms with Gasteiger partial charge in [0.05, 0.1) is 12.0 Å². The lowest BCUT2D eigenvalue weighted by Gasteiger charge is -2.30. The highest BCUT2D eigenvalue weighted by Gasteiger charge is 2.42. The molecule has 1 N–H and O–H groups in total. The molecule has 0 bridgehead atoms. The van der Waals surface area contributed by atoms with Gasteiger partial charge < -0.3 is 0 Å². The highest BCUT2D eigenvalue weighted by atomic mass is 19.4. The summed E-state index contributed by atoms with van der Waals surface area (Å²) < 4.78 is 39.5. The molecular weight excluding hydrogens is 287 g/mol. The second-order valence-electron chi connectivity index (χ2n) is 5.00. The van der Waals surface area contributed by atoms with Crippen LogP contribution in [-0.4, -0.2) is 15.7 Å². The van der Waals surface area contributed by atoms with Crippen molar-refractivity contribution in [2.75, 3.05) is 0 Å². The number of hydrogen-bond acceptors (Lipinski definition) is 3. The lowest BCUT2D eigenvalue weighted by Crippen LogP contribution is -2.37. The molecule has 0 amide bonds. The molecule has 112 valence electrons. The van der Waals surface area contributed by atoms with Gasteiger partial charge in [0.2, 0.25) is 0 Å². The van der Waals surface area contributed by atoms with Crippen molar-refractivity contribution >= 4 is 0 Å². The van der Waals surface area contributed by atoms with Gasteiger partial charge in [-0.15, -0.1) is 0 Å². The Morgan fingerprint density at radius 3 is 2.67 bits per heavy atom. The van der Waals surface area contributed by atoms with Crippen molar-refractivity contribution in [2.45, 2.75) is 32.0 Å². The standard InChI is InChI=1S/C13H12F3N3O2/c1-7-2-3-9(13(14,15)16)4-10(7)19-6-8(5-17)11(20)18-12(19)21/h2,6,9-10H,3-4H2,1H3,(H,18,20,21). The van der Waals surface area contributed by atoms with Crippen molar-refractivity contribution in [1.29, 1.82) is 5.26 Å². The van der Waals surface area contributed by atoms with Gasteiger partial charge in [-0.2, -0.15) is 18.4 Å². The van der Waals surface area contributed by atoms with Gasteiger partial charge in [0.25, 0.3) is 5.56 Å². The lowest BCUT2D eigenvalue weighted by atomic mass is 9.85. The summed E-state index contributed by atoms with van der Waals surface area (Å²) in [7, 11) is 0. The molecule has 0 spiro atoms. The van der Waals surface area contributed by atoms with Crippen LogP contribution in [0.3, 0.4) is 0 Å². The number of nitriles is 1. The quantitative estimate of drug-likeness (QED) is 0.804. The van der Waals surface area contributed by atoms with E-state index in [-0.39, 0.29) is 18.4 Å². The van der Waals surface area contributed by atoms with Gasteiger partial charge >= 0.3 is 11.9 Å². The van der Waals surface area contributed by atoms with Crippen LogP contribution in [0.4, 0.5) is 13.2 Å². The Morgan fingerprint density at radius 2 is 2.10 bits per heavy atom. The Morgan fingerprint density at radius 1 is 1.43 bits per heavy atom. The van der Waals surface area contributed by atoms with Gasteiger partial charge in [-0.05, 0) is 19.8 Å². The van der Waals surface area contributed by atoms with E-state index in [1.165, 1.54) is 6.08 Å². The summed E-state index contributed by atoms with van der Waals surface area (Å²) in [4.78, 5) is 25.1. The Kier molecular flexibility index (Phi) is 3.77. The first-order chi connectivity index (χ1) is 9.74. The fourth-order valence-corrected chi connectivity index (χ4v) is 2.41. The van der Waals surface area contributed by atoms with Gasteiger partial charge in [-0.3, -0.25) is 14.3 Å². The van der Waals surface area contributed by atoms with Crippen molar-refractivity contribution < 1.29 is 13.2 Å². The number of alkyl halides is 3. The molecule has 0 aliphatic heterocycles. The Balaban J connectivity index is 2.49. The minimum atomic E-state index is -4.35. The first-order valence-electron chi connectivity index (χ1n) is 6.23. The number of nitrogens with one attached hydrogen (secondary N) is 1. The zero-order chi connectivity index (χ0) is 15.8. The van der Waals surface area contributed by atoms with Crippen molar-refractivity contribution in [1.82, 2.24) is 9.55 Å². The van der Waals surface area contributed by atoms with E-state index in [2.05, 4.69) is 0 Å². The van der Waals surface area contributed by atoms with E-state index in [4.69, 9.17) is 5.26 Å². The van der Waals surface area contributed by atoms with Crippen LogP contribution in [0.5, 0.6) is 0 Å². The number of halogens is 3. The molecule has 0 aromatic carbocycles. The SMILES string of the molecule is CC1=CCC(C(F)(F)F)CC1n1cc(C#N)c(=O)[nH]c1=O. The second-order valence-corrected chi connectivity index (χ2v) is 5.00. The fourth-order valence-electron chi connectivity index (χ4n) is 2.41. The minimum absolute atomic E-state index is 0.130. The molecular formula is C13H12F3N3O2. The van der Waals surface area contributed by atoms with E-state index in [0.29, 0.717) is 5.57 Å². The number of aromatic amines is 1.